The summed E-state index contributed by atoms with van der Waals surface area (Å²) in [7, 11) is 0. The molecule has 1 unspecified atom stereocenters. The van der Waals surface area contributed by atoms with Crippen molar-refractivity contribution in [3.8, 4) is 33.6 Å². The molecule has 2 aliphatic rings. The zero-order valence-corrected chi connectivity index (χ0v) is 36.2. The summed E-state index contributed by atoms with van der Waals surface area (Å²) in [6.07, 6.45) is 14.6. The van der Waals surface area contributed by atoms with E-state index in [2.05, 4.69) is 246 Å². The first kappa shape index (κ1) is 37.0. The van der Waals surface area contributed by atoms with E-state index in [1.807, 2.05) is 0 Å². The van der Waals surface area contributed by atoms with Gasteiger partial charge in [0.25, 0.3) is 0 Å². The van der Waals surface area contributed by atoms with Gasteiger partial charge in [0.15, 0.2) is 0 Å². The molecule has 0 bridgehead atoms. The summed E-state index contributed by atoms with van der Waals surface area (Å²) < 4.78 is 5.00. The predicted molar refractivity (Wildman–Crippen MR) is 281 cm³/mol. The molecule has 0 spiro atoms. The summed E-state index contributed by atoms with van der Waals surface area (Å²) in [5, 5.41) is 12.5. The van der Waals surface area contributed by atoms with Crippen molar-refractivity contribution in [3.63, 3.8) is 0 Å². The summed E-state index contributed by atoms with van der Waals surface area (Å²) in [6.45, 7) is 0. The van der Waals surface area contributed by atoms with Crippen molar-refractivity contribution in [3.05, 3.63) is 248 Å². The van der Waals surface area contributed by atoms with Crippen LogP contribution < -0.4 is 0 Å². The lowest BCUT2D eigenvalue weighted by Crippen LogP contribution is -2.10. The Morgan fingerprint density at radius 1 is 0.348 bits per heavy atom. The summed E-state index contributed by atoms with van der Waals surface area (Å²) in [4.78, 5) is 0. The van der Waals surface area contributed by atoms with Crippen molar-refractivity contribution in [2.24, 2.45) is 5.92 Å². The Labute approximate surface area is 382 Å². The fraction of sp³-hybridized carbons (Fsp3) is 0.0312. The fourth-order valence-corrected chi connectivity index (χ4v) is 11.5. The van der Waals surface area contributed by atoms with Gasteiger partial charge in [-0.3, -0.25) is 0 Å². The van der Waals surface area contributed by atoms with Crippen LogP contribution in [0, 0.1) is 5.92 Å². The minimum absolute atomic E-state index is 0.374. The Hall–Kier alpha value is -8.46. The molecule has 0 radical (unpaired) electrons. The molecule has 2 heterocycles. The normalized spacial score (nSPS) is 14.8. The Morgan fingerprint density at radius 2 is 0.864 bits per heavy atom. The Bertz CT molecular complexity index is 4140. The van der Waals surface area contributed by atoms with Crippen LogP contribution in [0.2, 0.25) is 0 Å². The number of para-hydroxylation sites is 2. The average Bonchev–Trinajstić information content (AvgIpc) is 3.89. The topological polar surface area (TPSA) is 9.86 Å². The quantitative estimate of drug-likeness (QED) is 0.163. The van der Waals surface area contributed by atoms with Gasteiger partial charge in [0, 0.05) is 38.2 Å². The molecular weight excluding hydrogens is 797 g/mol. The van der Waals surface area contributed by atoms with Gasteiger partial charge in [-0.1, -0.05) is 200 Å². The Morgan fingerprint density at radius 3 is 1.52 bits per heavy atom. The number of aromatic nitrogens is 2. The zero-order chi connectivity index (χ0) is 43.3. The third kappa shape index (κ3) is 5.49. The number of benzene rings is 10. The lowest BCUT2D eigenvalue weighted by atomic mass is 9.79. The largest absolute Gasteiger partial charge is 0.309 e. The van der Waals surface area contributed by atoms with Crippen LogP contribution >= 0.6 is 0 Å². The molecule has 14 rings (SSSR count). The van der Waals surface area contributed by atoms with Gasteiger partial charge in [-0.25, -0.2) is 0 Å². The third-order valence-corrected chi connectivity index (χ3v) is 14.5. The second-order valence-electron chi connectivity index (χ2n) is 17.9. The zero-order valence-electron chi connectivity index (χ0n) is 36.2. The third-order valence-electron chi connectivity index (χ3n) is 14.5. The van der Waals surface area contributed by atoms with Crippen molar-refractivity contribution < 1.29 is 0 Å². The van der Waals surface area contributed by atoms with Gasteiger partial charge in [0.05, 0.1) is 33.4 Å². The maximum absolute atomic E-state index is 2.51. The number of hydrogen-bond donors (Lipinski definition) is 0. The summed E-state index contributed by atoms with van der Waals surface area (Å²) in [6, 6.07) is 74.6. The van der Waals surface area contributed by atoms with E-state index < -0.39 is 0 Å². The minimum Gasteiger partial charge on any atom is -0.309 e. The number of allylic oxidation sites excluding steroid dienone is 8. The molecule has 2 heteroatoms. The minimum atomic E-state index is 0.374. The molecule has 12 aromatic rings. The van der Waals surface area contributed by atoms with Crippen LogP contribution in [-0.4, -0.2) is 9.13 Å². The second kappa shape index (κ2) is 14.5. The van der Waals surface area contributed by atoms with Crippen molar-refractivity contribution in [1.82, 2.24) is 9.13 Å². The van der Waals surface area contributed by atoms with Gasteiger partial charge in [0.1, 0.15) is 0 Å². The average molecular weight is 839 g/mol. The first-order valence-corrected chi connectivity index (χ1v) is 23.1. The Kier molecular flexibility index (Phi) is 8.14. The molecule has 0 aliphatic heterocycles. The van der Waals surface area contributed by atoms with E-state index in [9.17, 15) is 0 Å². The molecule has 308 valence electrons. The molecule has 2 aliphatic carbocycles. The summed E-state index contributed by atoms with van der Waals surface area (Å²) in [5.41, 5.74) is 16.2. The van der Waals surface area contributed by atoms with Crippen molar-refractivity contribution in [2.75, 3.05) is 0 Å². The maximum atomic E-state index is 2.51. The molecule has 0 N–H and O–H groups in total. The van der Waals surface area contributed by atoms with Gasteiger partial charge < -0.3 is 9.13 Å². The first-order valence-electron chi connectivity index (χ1n) is 23.1. The van der Waals surface area contributed by atoms with E-state index in [0.717, 1.165) is 6.42 Å². The van der Waals surface area contributed by atoms with Gasteiger partial charge in [-0.15, -0.1) is 0 Å². The van der Waals surface area contributed by atoms with E-state index in [4.69, 9.17) is 0 Å². The van der Waals surface area contributed by atoms with Crippen LogP contribution in [0.4, 0.5) is 0 Å². The smallest absolute Gasteiger partial charge is 0.0547 e. The van der Waals surface area contributed by atoms with Crippen LogP contribution in [0.5, 0.6) is 0 Å². The highest BCUT2D eigenvalue weighted by Crippen LogP contribution is 2.45. The molecule has 2 aromatic heterocycles. The molecule has 0 saturated heterocycles. The number of rotatable bonds is 5. The van der Waals surface area contributed by atoms with Crippen molar-refractivity contribution in [2.45, 2.75) is 6.42 Å². The maximum Gasteiger partial charge on any atom is 0.0547 e. The van der Waals surface area contributed by atoms with E-state index in [1.54, 1.807) is 0 Å². The van der Waals surface area contributed by atoms with E-state index in [1.165, 1.54) is 126 Å². The van der Waals surface area contributed by atoms with Gasteiger partial charge >= 0.3 is 0 Å². The standard InChI is InChI=1S/C64H42N2/c1-3-19-45-41(15-1)17-13-27-47(45)43-31-33-57-55-25-9-11-29-59(55)65(63(57)39-43)61-37-35-51(49-21-5-7-23-53(49)61)52-36-38-62(54-24-8-6-22-50(52)54)66-60-30-12-10-26-56(60)58-34-32-44(40-64(58)66)48-28-14-18-42-16-2-4-20-46(42)48/h1-19,21-40,46H,20H2. The van der Waals surface area contributed by atoms with Crippen LogP contribution in [0.25, 0.3) is 115 Å². The molecule has 0 amide bonds. The van der Waals surface area contributed by atoms with E-state index in [0.29, 0.717) is 5.92 Å². The summed E-state index contributed by atoms with van der Waals surface area (Å²) >= 11 is 0. The molecule has 2 nitrogen and oxygen atoms in total. The first-order chi connectivity index (χ1) is 32.8. The van der Waals surface area contributed by atoms with E-state index >= 15 is 0 Å². The predicted octanol–water partition coefficient (Wildman–Crippen LogP) is 17.1. The summed E-state index contributed by atoms with van der Waals surface area (Å²) in [5.74, 6) is 0.374. The van der Waals surface area contributed by atoms with Crippen molar-refractivity contribution in [1.29, 1.82) is 0 Å². The number of fused-ring (bicyclic) bond motifs is 10. The highest BCUT2D eigenvalue weighted by Gasteiger charge is 2.24. The molecular formula is C64H42N2. The molecule has 1 atom stereocenters. The van der Waals surface area contributed by atoms with Gasteiger partial charge in [0.2, 0.25) is 0 Å². The van der Waals surface area contributed by atoms with Crippen molar-refractivity contribution >= 4 is 81.5 Å². The van der Waals surface area contributed by atoms with E-state index in [-0.39, 0.29) is 0 Å². The van der Waals surface area contributed by atoms with Gasteiger partial charge in [-0.05, 0) is 103 Å². The monoisotopic (exact) mass is 838 g/mol. The number of nitrogens with zero attached hydrogens (tertiary/aromatic N) is 2. The molecule has 0 fully saturated rings. The highest BCUT2D eigenvalue weighted by atomic mass is 15.0. The highest BCUT2D eigenvalue weighted by molar-refractivity contribution is 6.16. The number of hydrogen-bond acceptors (Lipinski definition) is 0. The molecule has 10 aromatic carbocycles. The SMILES string of the molecule is C1=CCC2C(=C1)C=CC=C2c1ccc2c3ccccc3n(-c3ccc(-c4ccc(-n5c6ccccc6c6ccc(-c7cccc8ccccc78)cc65)c5ccccc45)c4ccccc34)c2c1. The van der Waals surface area contributed by atoms with Crippen LogP contribution in [0.1, 0.15) is 12.0 Å². The molecule has 0 saturated carbocycles. The lowest BCUT2D eigenvalue weighted by molar-refractivity contribution is 0.801. The fourth-order valence-electron chi connectivity index (χ4n) is 11.5. The second-order valence-corrected chi connectivity index (χ2v) is 17.9. The lowest BCUT2D eigenvalue weighted by Gasteiger charge is -2.25. The van der Waals surface area contributed by atoms with Crippen LogP contribution in [0.15, 0.2) is 242 Å². The van der Waals surface area contributed by atoms with Crippen LogP contribution in [0.3, 0.4) is 0 Å². The van der Waals surface area contributed by atoms with Gasteiger partial charge in [-0.2, -0.15) is 0 Å². The molecule has 66 heavy (non-hydrogen) atoms. The van der Waals surface area contributed by atoms with Crippen LogP contribution in [-0.2, 0) is 0 Å². The Balaban J connectivity index is 0.955.